The molecule has 8 nitrogen and oxygen atoms in total. The molecule has 1 fully saturated rings. The van der Waals surface area contributed by atoms with Gasteiger partial charge in [-0.05, 0) is 12.5 Å². The molecule has 3 heterocycles. The fraction of sp³-hybridized carbons (Fsp3) is 0.500. The van der Waals surface area contributed by atoms with Crippen LogP contribution in [0.4, 0.5) is 0 Å². The van der Waals surface area contributed by atoms with Gasteiger partial charge in [0.05, 0.1) is 18.3 Å². The maximum absolute atomic E-state index is 12.2. The van der Waals surface area contributed by atoms with E-state index in [-0.39, 0.29) is 23.7 Å². The molecular formula is C14H19N5O3. The van der Waals surface area contributed by atoms with E-state index in [4.69, 9.17) is 9.26 Å². The van der Waals surface area contributed by atoms with E-state index >= 15 is 0 Å². The Balaban J connectivity index is 1.61. The molecule has 0 bridgehead atoms. The Morgan fingerprint density at radius 1 is 1.59 bits per heavy atom. The van der Waals surface area contributed by atoms with Crippen LogP contribution in [-0.4, -0.2) is 53.2 Å². The largest absolute Gasteiger partial charge is 0.378 e. The Kier molecular flexibility index (Phi) is 4.21. The predicted molar refractivity (Wildman–Crippen MR) is 77.5 cm³/mol. The Bertz CT molecular complexity index is 650. The number of carbonyl (C=O) groups excluding carboxylic acids is 1. The summed E-state index contributed by atoms with van der Waals surface area (Å²) < 4.78 is 12.2. The van der Waals surface area contributed by atoms with Crippen molar-refractivity contribution in [3.8, 4) is 0 Å². The van der Waals surface area contributed by atoms with Crippen molar-refractivity contribution in [2.45, 2.75) is 25.6 Å². The minimum atomic E-state index is -0.262. The van der Waals surface area contributed by atoms with Crippen molar-refractivity contribution in [1.82, 2.24) is 25.6 Å². The maximum atomic E-state index is 12.2. The smallest absolute Gasteiger partial charge is 0.273 e. The fourth-order valence-electron chi connectivity index (χ4n) is 2.50. The zero-order chi connectivity index (χ0) is 15.5. The molecular weight excluding hydrogens is 286 g/mol. The Hall–Kier alpha value is -2.19. The molecule has 118 valence electrons. The van der Waals surface area contributed by atoms with E-state index in [1.807, 2.05) is 13.1 Å². The number of rotatable bonds is 5. The van der Waals surface area contributed by atoms with Gasteiger partial charge >= 0.3 is 0 Å². The summed E-state index contributed by atoms with van der Waals surface area (Å²) >= 11 is 0. The van der Waals surface area contributed by atoms with Crippen molar-refractivity contribution in [2.24, 2.45) is 0 Å². The molecule has 0 spiro atoms. The van der Waals surface area contributed by atoms with Gasteiger partial charge in [0.15, 0.2) is 11.5 Å². The van der Waals surface area contributed by atoms with Crippen molar-refractivity contribution in [3.63, 3.8) is 0 Å². The van der Waals surface area contributed by atoms with Gasteiger partial charge in [-0.15, -0.1) is 0 Å². The SMILES string of the molecule is CO[C@H]1CNC[C@@H]1NC(=O)c1cc(Cn2cc(C)cn2)on1. The van der Waals surface area contributed by atoms with E-state index in [2.05, 4.69) is 20.9 Å². The lowest BCUT2D eigenvalue weighted by molar-refractivity contribution is 0.0773. The van der Waals surface area contributed by atoms with Crippen LogP contribution < -0.4 is 10.6 Å². The van der Waals surface area contributed by atoms with Gasteiger partial charge < -0.3 is 19.9 Å². The van der Waals surface area contributed by atoms with Gasteiger partial charge in [-0.1, -0.05) is 5.16 Å². The van der Waals surface area contributed by atoms with Crippen LogP contribution in [0.15, 0.2) is 23.0 Å². The van der Waals surface area contributed by atoms with E-state index in [1.54, 1.807) is 24.1 Å². The highest BCUT2D eigenvalue weighted by atomic mass is 16.5. The summed E-state index contributed by atoms with van der Waals surface area (Å²) in [6.07, 6.45) is 3.64. The Morgan fingerprint density at radius 3 is 3.18 bits per heavy atom. The van der Waals surface area contributed by atoms with Crippen molar-refractivity contribution in [2.75, 3.05) is 20.2 Å². The number of aryl methyl sites for hydroxylation is 1. The second-order valence-electron chi connectivity index (χ2n) is 5.41. The van der Waals surface area contributed by atoms with Gasteiger partial charge in [0.1, 0.15) is 6.54 Å². The number of nitrogens with zero attached hydrogens (tertiary/aromatic N) is 3. The van der Waals surface area contributed by atoms with Crippen LogP contribution in [0.3, 0.4) is 0 Å². The summed E-state index contributed by atoms with van der Waals surface area (Å²) in [5.41, 5.74) is 1.33. The van der Waals surface area contributed by atoms with Crippen LogP contribution in [0.1, 0.15) is 21.8 Å². The van der Waals surface area contributed by atoms with Gasteiger partial charge in [-0.2, -0.15) is 5.10 Å². The second kappa shape index (κ2) is 6.29. The number of hydrogen-bond donors (Lipinski definition) is 2. The van der Waals surface area contributed by atoms with Gasteiger partial charge in [0.25, 0.3) is 5.91 Å². The third kappa shape index (κ3) is 3.18. The van der Waals surface area contributed by atoms with Crippen LogP contribution in [-0.2, 0) is 11.3 Å². The number of ether oxygens (including phenoxy) is 1. The zero-order valence-electron chi connectivity index (χ0n) is 12.6. The normalized spacial score (nSPS) is 21.2. The van der Waals surface area contributed by atoms with E-state index in [0.29, 0.717) is 18.8 Å². The summed E-state index contributed by atoms with van der Waals surface area (Å²) in [5.74, 6) is 0.323. The monoisotopic (exact) mass is 305 g/mol. The molecule has 1 aliphatic rings. The van der Waals surface area contributed by atoms with Crippen molar-refractivity contribution >= 4 is 5.91 Å². The molecule has 2 atom stereocenters. The quantitative estimate of drug-likeness (QED) is 0.804. The highest BCUT2D eigenvalue weighted by molar-refractivity contribution is 5.92. The predicted octanol–water partition coefficient (Wildman–Crippen LogP) is -0.0556. The highest BCUT2D eigenvalue weighted by Gasteiger charge is 2.29. The summed E-state index contributed by atoms with van der Waals surface area (Å²) in [6.45, 7) is 3.82. The molecule has 0 aromatic carbocycles. The number of carbonyl (C=O) groups is 1. The third-order valence-electron chi connectivity index (χ3n) is 3.65. The van der Waals surface area contributed by atoms with E-state index < -0.39 is 0 Å². The van der Waals surface area contributed by atoms with Crippen molar-refractivity contribution < 1.29 is 14.1 Å². The van der Waals surface area contributed by atoms with Gasteiger partial charge in [-0.25, -0.2) is 0 Å². The van der Waals surface area contributed by atoms with Crippen LogP contribution in [0.25, 0.3) is 0 Å². The topological polar surface area (TPSA) is 94.2 Å². The van der Waals surface area contributed by atoms with Crippen molar-refractivity contribution in [1.29, 1.82) is 0 Å². The van der Waals surface area contributed by atoms with Crippen LogP contribution in [0, 0.1) is 6.92 Å². The summed E-state index contributed by atoms with van der Waals surface area (Å²) in [5, 5.41) is 14.1. The molecule has 1 aliphatic heterocycles. The minimum Gasteiger partial charge on any atom is -0.378 e. The van der Waals surface area contributed by atoms with Gasteiger partial charge in [-0.3, -0.25) is 9.48 Å². The van der Waals surface area contributed by atoms with Crippen LogP contribution in [0.2, 0.25) is 0 Å². The first-order valence-corrected chi connectivity index (χ1v) is 7.14. The average molecular weight is 305 g/mol. The standard InChI is InChI=1S/C14H19N5O3/c1-9-4-16-19(7-9)8-10-3-11(18-22-10)14(20)17-12-5-15-6-13(12)21-2/h3-4,7,12-13,15H,5-6,8H2,1-2H3,(H,17,20)/t12-,13-/m0/s1. The summed E-state index contributed by atoms with van der Waals surface area (Å²) in [4.78, 5) is 12.2. The molecule has 1 saturated heterocycles. The summed E-state index contributed by atoms with van der Waals surface area (Å²) in [6, 6.07) is 1.57. The number of hydrogen-bond acceptors (Lipinski definition) is 6. The number of aromatic nitrogens is 3. The van der Waals surface area contributed by atoms with Crippen molar-refractivity contribution in [3.05, 3.63) is 35.5 Å². The molecule has 8 heteroatoms. The number of methoxy groups -OCH3 is 1. The lowest BCUT2D eigenvalue weighted by Gasteiger charge is -2.17. The number of amides is 1. The highest BCUT2D eigenvalue weighted by Crippen LogP contribution is 2.09. The first kappa shape index (κ1) is 14.7. The molecule has 2 aromatic heterocycles. The first-order valence-electron chi connectivity index (χ1n) is 7.14. The van der Waals surface area contributed by atoms with E-state index in [0.717, 1.165) is 12.1 Å². The summed E-state index contributed by atoms with van der Waals surface area (Å²) in [7, 11) is 1.64. The first-order chi connectivity index (χ1) is 10.7. The Labute approximate surface area is 127 Å². The maximum Gasteiger partial charge on any atom is 0.273 e. The molecule has 2 aromatic rings. The molecule has 2 N–H and O–H groups in total. The fourth-order valence-corrected chi connectivity index (χ4v) is 2.50. The second-order valence-corrected chi connectivity index (χ2v) is 5.41. The zero-order valence-corrected chi connectivity index (χ0v) is 12.6. The van der Waals surface area contributed by atoms with Crippen LogP contribution in [0.5, 0.6) is 0 Å². The third-order valence-corrected chi connectivity index (χ3v) is 3.65. The molecule has 1 amide bonds. The number of nitrogens with one attached hydrogen (secondary N) is 2. The molecule has 0 radical (unpaired) electrons. The minimum absolute atomic E-state index is 0.0256. The van der Waals surface area contributed by atoms with Gasteiger partial charge in [0, 0.05) is 32.5 Å². The van der Waals surface area contributed by atoms with Gasteiger partial charge in [0.2, 0.25) is 0 Å². The molecule has 0 saturated carbocycles. The molecule has 22 heavy (non-hydrogen) atoms. The molecule has 0 unspecified atom stereocenters. The van der Waals surface area contributed by atoms with E-state index in [1.165, 1.54) is 0 Å². The molecule has 0 aliphatic carbocycles. The van der Waals surface area contributed by atoms with Crippen LogP contribution >= 0.6 is 0 Å². The lowest BCUT2D eigenvalue weighted by atomic mass is 10.2. The van der Waals surface area contributed by atoms with E-state index in [9.17, 15) is 4.79 Å². The Morgan fingerprint density at radius 2 is 2.45 bits per heavy atom. The lowest BCUT2D eigenvalue weighted by Crippen LogP contribution is -2.43. The molecule has 3 rings (SSSR count). The average Bonchev–Trinajstić information content (AvgIpc) is 3.21.